The van der Waals surface area contributed by atoms with Crippen LogP contribution >= 0.6 is 0 Å². The minimum atomic E-state index is 0.851. The van der Waals surface area contributed by atoms with Crippen LogP contribution in [0, 0.1) is 0 Å². The van der Waals surface area contributed by atoms with Crippen LogP contribution < -0.4 is 4.90 Å². The van der Waals surface area contributed by atoms with Crippen molar-refractivity contribution in [2.45, 2.75) is 0 Å². The minimum absolute atomic E-state index is 0.851. The van der Waals surface area contributed by atoms with E-state index in [-0.39, 0.29) is 0 Å². The first-order valence-electron chi connectivity index (χ1n) is 14.5. The molecule has 2 heterocycles. The van der Waals surface area contributed by atoms with E-state index in [1.165, 1.54) is 16.3 Å². The number of anilines is 3. The third-order valence-electron chi connectivity index (χ3n) is 8.43. The summed E-state index contributed by atoms with van der Waals surface area (Å²) in [5, 5.41) is 6.88. The minimum Gasteiger partial charge on any atom is -0.456 e. The standard InChI is InChI=1S/C40H25NO2/c1-2-10-27-23-29(20-19-26(27)9-1)28-11-7-12-30(24-28)41(31-21-22-34-32-13-3-5-17-37(32)42-39(34)25-31)36-16-8-15-35-33-14-4-6-18-38(33)43-40(35)36/h1-25H. The van der Waals surface area contributed by atoms with Gasteiger partial charge in [0.05, 0.1) is 11.4 Å². The van der Waals surface area contributed by atoms with Crippen molar-refractivity contribution in [3.63, 3.8) is 0 Å². The molecule has 0 saturated heterocycles. The number of furan rings is 2. The second-order valence-electron chi connectivity index (χ2n) is 11.0. The molecule has 0 aliphatic heterocycles. The summed E-state index contributed by atoms with van der Waals surface area (Å²) < 4.78 is 12.9. The third kappa shape index (κ3) is 3.83. The largest absolute Gasteiger partial charge is 0.456 e. The first-order chi connectivity index (χ1) is 21.3. The van der Waals surface area contributed by atoms with E-state index in [2.05, 4.69) is 132 Å². The van der Waals surface area contributed by atoms with Gasteiger partial charge in [-0.1, -0.05) is 97.1 Å². The van der Waals surface area contributed by atoms with Crippen LogP contribution in [-0.4, -0.2) is 0 Å². The van der Waals surface area contributed by atoms with E-state index in [4.69, 9.17) is 8.83 Å². The zero-order valence-corrected chi connectivity index (χ0v) is 23.2. The van der Waals surface area contributed by atoms with Gasteiger partial charge >= 0.3 is 0 Å². The van der Waals surface area contributed by atoms with E-state index in [1.807, 2.05) is 24.3 Å². The molecular formula is C40H25NO2. The van der Waals surface area contributed by atoms with Crippen molar-refractivity contribution in [2.75, 3.05) is 4.90 Å². The lowest BCUT2D eigenvalue weighted by Gasteiger charge is -2.26. The molecule has 202 valence electrons. The molecule has 9 aromatic rings. The van der Waals surface area contributed by atoms with Crippen molar-refractivity contribution in [1.82, 2.24) is 0 Å². The molecule has 0 fully saturated rings. The van der Waals surface area contributed by atoms with Crippen LogP contribution in [0.3, 0.4) is 0 Å². The second kappa shape index (κ2) is 9.37. The molecule has 0 N–H and O–H groups in total. The Balaban J connectivity index is 1.28. The first kappa shape index (κ1) is 23.9. The van der Waals surface area contributed by atoms with Crippen LogP contribution in [0.2, 0.25) is 0 Å². The average Bonchev–Trinajstić information content (AvgIpc) is 3.63. The summed E-state index contributed by atoms with van der Waals surface area (Å²) >= 11 is 0. The quantitative estimate of drug-likeness (QED) is 0.218. The van der Waals surface area contributed by atoms with Gasteiger partial charge in [0, 0.05) is 33.3 Å². The maximum Gasteiger partial charge on any atom is 0.159 e. The van der Waals surface area contributed by atoms with Gasteiger partial charge in [-0.25, -0.2) is 0 Å². The maximum absolute atomic E-state index is 6.54. The molecule has 0 aliphatic carbocycles. The number of hydrogen-bond acceptors (Lipinski definition) is 3. The SMILES string of the molecule is c1cc(-c2ccc3ccccc3c2)cc(N(c2ccc3c(c2)oc2ccccc23)c2cccc3c2oc2ccccc23)c1. The van der Waals surface area contributed by atoms with Gasteiger partial charge in [0.15, 0.2) is 5.58 Å². The van der Waals surface area contributed by atoms with Gasteiger partial charge < -0.3 is 13.7 Å². The fraction of sp³-hybridized carbons (Fsp3) is 0. The van der Waals surface area contributed by atoms with E-state index >= 15 is 0 Å². The van der Waals surface area contributed by atoms with E-state index in [0.29, 0.717) is 0 Å². The van der Waals surface area contributed by atoms with E-state index in [1.54, 1.807) is 0 Å². The van der Waals surface area contributed by atoms with Gasteiger partial charge in [-0.05, 0) is 70.4 Å². The van der Waals surface area contributed by atoms with Crippen LogP contribution in [0.4, 0.5) is 17.1 Å². The molecule has 0 aliphatic rings. The normalized spacial score (nSPS) is 11.7. The molecule has 2 aromatic heterocycles. The molecule has 3 nitrogen and oxygen atoms in total. The molecule has 0 amide bonds. The lowest BCUT2D eigenvalue weighted by Crippen LogP contribution is -2.10. The summed E-state index contributed by atoms with van der Waals surface area (Å²) in [6.45, 7) is 0. The molecule has 43 heavy (non-hydrogen) atoms. The Labute approximate surface area is 247 Å². The topological polar surface area (TPSA) is 29.5 Å². The third-order valence-corrected chi connectivity index (χ3v) is 8.43. The van der Waals surface area contributed by atoms with Crippen molar-refractivity contribution in [2.24, 2.45) is 0 Å². The highest BCUT2D eigenvalue weighted by atomic mass is 16.3. The Kier molecular flexibility index (Phi) is 5.20. The summed E-state index contributed by atoms with van der Waals surface area (Å²) in [7, 11) is 0. The highest BCUT2D eigenvalue weighted by Gasteiger charge is 2.21. The second-order valence-corrected chi connectivity index (χ2v) is 11.0. The van der Waals surface area contributed by atoms with Gasteiger partial charge in [0.2, 0.25) is 0 Å². The molecule has 0 atom stereocenters. The smallest absolute Gasteiger partial charge is 0.159 e. The Hall–Kier alpha value is -5.80. The van der Waals surface area contributed by atoms with Crippen molar-refractivity contribution in [1.29, 1.82) is 0 Å². The Bertz CT molecular complexity index is 2480. The van der Waals surface area contributed by atoms with Crippen molar-refractivity contribution < 1.29 is 8.83 Å². The van der Waals surface area contributed by atoms with E-state index < -0.39 is 0 Å². The van der Waals surface area contributed by atoms with E-state index in [0.717, 1.165) is 66.5 Å². The summed E-state index contributed by atoms with van der Waals surface area (Å²) in [4.78, 5) is 2.28. The summed E-state index contributed by atoms with van der Waals surface area (Å²) in [6.07, 6.45) is 0. The molecule has 9 rings (SSSR count). The Morgan fingerprint density at radius 3 is 1.91 bits per heavy atom. The summed E-state index contributed by atoms with van der Waals surface area (Å²) in [5.74, 6) is 0. The van der Waals surface area contributed by atoms with E-state index in [9.17, 15) is 0 Å². The van der Waals surface area contributed by atoms with Crippen LogP contribution in [0.1, 0.15) is 0 Å². The molecule has 0 radical (unpaired) electrons. The van der Waals surface area contributed by atoms with Crippen molar-refractivity contribution in [3.8, 4) is 11.1 Å². The molecule has 0 spiro atoms. The van der Waals surface area contributed by atoms with Gasteiger partial charge in [-0.15, -0.1) is 0 Å². The van der Waals surface area contributed by atoms with Gasteiger partial charge in [-0.3, -0.25) is 0 Å². The summed E-state index contributed by atoms with van der Waals surface area (Å²) in [6, 6.07) is 53.2. The van der Waals surface area contributed by atoms with Crippen LogP contribution in [0.15, 0.2) is 160 Å². The molecule has 0 unspecified atom stereocenters. The molecule has 0 bridgehead atoms. The van der Waals surface area contributed by atoms with Crippen LogP contribution in [-0.2, 0) is 0 Å². The van der Waals surface area contributed by atoms with Gasteiger partial charge in [-0.2, -0.15) is 0 Å². The molecule has 3 heteroatoms. The number of nitrogens with zero attached hydrogens (tertiary/aromatic N) is 1. The predicted octanol–water partition coefficient (Wildman–Crippen LogP) is 11.8. The van der Waals surface area contributed by atoms with Gasteiger partial charge in [0.1, 0.15) is 16.7 Å². The fourth-order valence-electron chi connectivity index (χ4n) is 6.38. The molecule has 0 saturated carbocycles. The first-order valence-corrected chi connectivity index (χ1v) is 14.5. The lowest BCUT2D eigenvalue weighted by atomic mass is 10.0. The zero-order valence-electron chi connectivity index (χ0n) is 23.2. The highest BCUT2D eigenvalue weighted by Crippen LogP contribution is 2.44. The number of fused-ring (bicyclic) bond motifs is 7. The molecule has 7 aromatic carbocycles. The highest BCUT2D eigenvalue weighted by molar-refractivity contribution is 6.11. The number of para-hydroxylation sites is 3. The number of benzene rings is 7. The monoisotopic (exact) mass is 551 g/mol. The van der Waals surface area contributed by atoms with Crippen molar-refractivity contribution >= 4 is 71.7 Å². The fourth-order valence-corrected chi connectivity index (χ4v) is 6.38. The Morgan fingerprint density at radius 2 is 1.02 bits per heavy atom. The van der Waals surface area contributed by atoms with Crippen LogP contribution in [0.5, 0.6) is 0 Å². The van der Waals surface area contributed by atoms with Crippen LogP contribution in [0.25, 0.3) is 65.8 Å². The predicted molar refractivity (Wildman–Crippen MR) is 179 cm³/mol. The average molecular weight is 552 g/mol. The zero-order chi connectivity index (χ0) is 28.3. The Morgan fingerprint density at radius 1 is 0.372 bits per heavy atom. The summed E-state index contributed by atoms with van der Waals surface area (Å²) in [5.41, 5.74) is 8.80. The lowest BCUT2D eigenvalue weighted by molar-refractivity contribution is 0.667. The van der Waals surface area contributed by atoms with Gasteiger partial charge in [0.25, 0.3) is 0 Å². The number of hydrogen-bond donors (Lipinski definition) is 0. The maximum atomic E-state index is 6.54. The molecular weight excluding hydrogens is 526 g/mol. The van der Waals surface area contributed by atoms with Crippen molar-refractivity contribution in [3.05, 3.63) is 152 Å². The number of rotatable bonds is 4.